The van der Waals surface area contributed by atoms with Gasteiger partial charge in [0.15, 0.2) is 0 Å². The first kappa shape index (κ1) is 12.5. The summed E-state index contributed by atoms with van der Waals surface area (Å²) in [6, 6.07) is 17.5. The number of ether oxygens (including phenoxy) is 1. The zero-order chi connectivity index (χ0) is 14.3. The van der Waals surface area contributed by atoms with Crippen LogP contribution in [-0.4, -0.2) is 18.2 Å². The molecule has 3 heteroatoms. The molecule has 3 nitrogen and oxygen atoms in total. The molecule has 21 heavy (non-hydrogen) atoms. The lowest BCUT2D eigenvalue weighted by Crippen LogP contribution is -2.35. The summed E-state index contributed by atoms with van der Waals surface area (Å²) in [6.07, 6.45) is 2.96. The molecule has 1 heterocycles. The van der Waals surface area contributed by atoms with E-state index in [0.717, 1.165) is 19.3 Å². The van der Waals surface area contributed by atoms with E-state index in [1.165, 1.54) is 22.3 Å². The SMILES string of the molecule is NC1=N[C@]2(CCc3cccc(-c4ccccc4)c3C2)CO1. The van der Waals surface area contributed by atoms with E-state index in [9.17, 15) is 0 Å². The van der Waals surface area contributed by atoms with Gasteiger partial charge in [-0.1, -0.05) is 48.5 Å². The van der Waals surface area contributed by atoms with Gasteiger partial charge in [0.1, 0.15) is 12.1 Å². The summed E-state index contributed by atoms with van der Waals surface area (Å²) >= 11 is 0. The molecule has 2 aromatic carbocycles. The summed E-state index contributed by atoms with van der Waals surface area (Å²) in [5.41, 5.74) is 11.0. The van der Waals surface area contributed by atoms with E-state index in [1.54, 1.807) is 0 Å². The van der Waals surface area contributed by atoms with Crippen LogP contribution < -0.4 is 5.73 Å². The molecule has 4 rings (SSSR count). The molecule has 1 atom stereocenters. The largest absolute Gasteiger partial charge is 0.463 e. The fraction of sp³-hybridized carbons (Fsp3) is 0.278. The predicted octanol–water partition coefficient (Wildman–Crippen LogP) is 2.93. The maximum absolute atomic E-state index is 5.74. The number of nitrogens with two attached hydrogens (primary N) is 1. The average molecular weight is 278 g/mol. The van der Waals surface area contributed by atoms with Crippen LogP contribution >= 0.6 is 0 Å². The molecule has 2 aliphatic rings. The second-order valence-electron chi connectivity index (χ2n) is 5.95. The third-order valence-corrected chi connectivity index (χ3v) is 4.56. The van der Waals surface area contributed by atoms with E-state index in [0.29, 0.717) is 12.6 Å². The molecule has 2 aromatic rings. The lowest BCUT2D eigenvalue weighted by molar-refractivity contribution is 0.235. The van der Waals surface area contributed by atoms with Gasteiger partial charge in [-0.05, 0) is 35.1 Å². The Hall–Kier alpha value is -2.29. The molecule has 1 aliphatic carbocycles. The first-order valence-electron chi connectivity index (χ1n) is 7.40. The van der Waals surface area contributed by atoms with Gasteiger partial charge in [-0.25, -0.2) is 4.99 Å². The van der Waals surface area contributed by atoms with Crippen molar-refractivity contribution in [2.45, 2.75) is 24.8 Å². The topological polar surface area (TPSA) is 47.6 Å². The van der Waals surface area contributed by atoms with Gasteiger partial charge < -0.3 is 10.5 Å². The summed E-state index contributed by atoms with van der Waals surface area (Å²) in [5.74, 6) is 0. The smallest absolute Gasteiger partial charge is 0.282 e. The number of rotatable bonds is 1. The van der Waals surface area contributed by atoms with Crippen molar-refractivity contribution in [1.82, 2.24) is 0 Å². The van der Waals surface area contributed by atoms with E-state index >= 15 is 0 Å². The first-order valence-corrected chi connectivity index (χ1v) is 7.40. The molecule has 0 fully saturated rings. The number of amidine groups is 1. The van der Waals surface area contributed by atoms with Crippen molar-refractivity contribution in [2.75, 3.05) is 6.61 Å². The van der Waals surface area contributed by atoms with E-state index in [-0.39, 0.29) is 5.54 Å². The molecule has 0 bridgehead atoms. The Morgan fingerprint density at radius 3 is 2.67 bits per heavy atom. The predicted molar refractivity (Wildman–Crippen MR) is 84.2 cm³/mol. The van der Waals surface area contributed by atoms with Crippen LogP contribution in [0.3, 0.4) is 0 Å². The van der Waals surface area contributed by atoms with Crippen LogP contribution in [0, 0.1) is 0 Å². The lowest BCUT2D eigenvalue weighted by Gasteiger charge is -2.31. The zero-order valence-corrected chi connectivity index (χ0v) is 11.9. The number of aliphatic imine (C=N–C) groups is 1. The van der Waals surface area contributed by atoms with Crippen LogP contribution in [0.4, 0.5) is 0 Å². The quantitative estimate of drug-likeness (QED) is 0.872. The Kier molecular flexibility index (Phi) is 2.74. The average Bonchev–Trinajstić information content (AvgIpc) is 2.88. The van der Waals surface area contributed by atoms with Crippen molar-refractivity contribution in [3.8, 4) is 11.1 Å². The maximum atomic E-state index is 5.74. The minimum Gasteiger partial charge on any atom is -0.463 e. The summed E-state index contributed by atoms with van der Waals surface area (Å²) in [5, 5.41) is 0. The van der Waals surface area contributed by atoms with Gasteiger partial charge >= 0.3 is 0 Å². The maximum Gasteiger partial charge on any atom is 0.282 e. The van der Waals surface area contributed by atoms with Crippen molar-refractivity contribution in [1.29, 1.82) is 0 Å². The summed E-state index contributed by atoms with van der Waals surface area (Å²) in [7, 11) is 0. The van der Waals surface area contributed by atoms with Crippen molar-refractivity contribution >= 4 is 6.02 Å². The Bertz CT molecular complexity index is 708. The lowest BCUT2D eigenvalue weighted by atomic mass is 9.76. The number of nitrogens with zero attached hydrogens (tertiary/aromatic N) is 1. The van der Waals surface area contributed by atoms with Gasteiger partial charge in [-0.15, -0.1) is 0 Å². The van der Waals surface area contributed by atoms with Crippen molar-refractivity contribution in [2.24, 2.45) is 10.7 Å². The van der Waals surface area contributed by atoms with E-state index in [4.69, 9.17) is 10.5 Å². The van der Waals surface area contributed by atoms with Crippen LogP contribution in [0.25, 0.3) is 11.1 Å². The Balaban J connectivity index is 1.80. The van der Waals surface area contributed by atoms with Gasteiger partial charge in [-0.2, -0.15) is 0 Å². The highest BCUT2D eigenvalue weighted by atomic mass is 16.5. The second kappa shape index (κ2) is 4.62. The highest BCUT2D eigenvalue weighted by molar-refractivity contribution is 5.75. The van der Waals surface area contributed by atoms with Crippen LogP contribution in [0.1, 0.15) is 17.5 Å². The van der Waals surface area contributed by atoms with Crippen LogP contribution in [-0.2, 0) is 17.6 Å². The molecular formula is C18H18N2O. The number of hydrogen-bond acceptors (Lipinski definition) is 3. The van der Waals surface area contributed by atoms with E-state index in [1.807, 2.05) is 0 Å². The number of hydrogen-bond donors (Lipinski definition) is 1. The van der Waals surface area contributed by atoms with Crippen molar-refractivity contribution < 1.29 is 4.74 Å². The fourth-order valence-corrected chi connectivity index (χ4v) is 3.48. The number of fused-ring (bicyclic) bond motifs is 1. The third-order valence-electron chi connectivity index (χ3n) is 4.56. The van der Waals surface area contributed by atoms with Gasteiger partial charge in [0.25, 0.3) is 6.02 Å². The van der Waals surface area contributed by atoms with Crippen LogP contribution in [0.5, 0.6) is 0 Å². The molecule has 0 saturated heterocycles. The monoisotopic (exact) mass is 278 g/mol. The molecule has 0 radical (unpaired) electrons. The van der Waals surface area contributed by atoms with Crippen LogP contribution in [0.2, 0.25) is 0 Å². The molecule has 0 aromatic heterocycles. The van der Waals surface area contributed by atoms with Crippen molar-refractivity contribution in [3.05, 3.63) is 59.7 Å². The molecule has 1 aliphatic heterocycles. The minimum atomic E-state index is -0.151. The standard InChI is InChI=1S/C18H18N2O/c19-17-20-18(12-21-17)10-9-14-7-4-8-15(16(14)11-18)13-5-2-1-3-6-13/h1-8H,9-12H2,(H2,19,20)/t18-/m0/s1. The number of benzene rings is 2. The van der Waals surface area contributed by atoms with Gasteiger partial charge in [-0.3, -0.25) is 0 Å². The summed E-state index contributed by atoms with van der Waals surface area (Å²) in [4.78, 5) is 4.59. The van der Waals surface area contributed by atoms with Gasteiger partial charge in [0, 0.05) is 6.42 Å². The molecule has 106 valence electrons. The summed E-state index contributed by atoms with van der Waals surface area (Å²) in [6.45, 7) is 0.612. The second-order valence-corrected chi connectivity index (χ2v) is 5.95. The van der Waals surface area contributed by atoms with E-state index in [2.05, 4.69) is 53.5 Å². The molecule has 0 amide bonds. The first-order chi connectivity index (χ1) is 10.3. The molecule has 1 spiro atoms. The van der Waals surface area contributed by atoms with Gasteiger partial charge in [0.05, 0.1) is 0 Å². The molecule has 2 N–H and O–H groups in total. The molecule has 0 saturated carbocycles. The number of aryl methyl sites for hydroxylation is 1. The highest BCUT2D eigenvalue weighted by Gasteiger charge is 2.40. The van der Waals surface area contributed by atoms with Crippen LogP contribution in [0.15, 0.2) is 53.5 Å². The third kappa shape index (κ3) is 2.09. The van der Waals surface area contributed by atoms with E-state index < -0.39 is 0 Å². The normalized spacial score (nSPS) is 23.5. The highest BCUT2D eigenvalue weighted by Crippen LogP contribution is 2.38. The minimum absolute atomic E-state index is 0.151. The Morgan fingerprint density at radius 2 is 1.90 bits per heavy atom. The Morgan fingerprint density at radius 1 is 1.05 bits per heavy atom. The zero-order valence-electron chi connectivity index (χ0n) is 11.9. The molecule has 0 unspecified atom stereocenters. The molecular weight excluding hydrogens is 260 g/mol. The van der Waals surface area contributed by atoms with Gasteiger partial charge in [0.2, 0.25) is 0 Å². The Labute approximate surface area is 124 Å². The fourth-order valence-electron chi connectivity index (χ4n) is 3.48. The summed E-state index contributed by atoms with van der Waals surface area (Å²) < 4.78 is 5.43. The van der Waals surface area contributed by atoms with Crippen molar-refractivity contribution in [3.63, 3.8) is 0 Å².